The molecule has 1 N–H and O–H groups in total. The van der Waals surface area contributed by atoms with E-state index in [0.29, 0.717) is 0 Å². The molecule has 0 bridgehead atoms. The van der Waals surface area contributed by atoms with Crippen molar-refractivity contribution < 1.29 is 31.6 Å². The molecule has 0 aliphatic carbocycles. The first-order chi connectivity index (χ1) is 9.20. The zero-order valence-electron chi connectivity index (χ0n) is 10.8. The Kier molecular flexibility index (Phi) is 3.70. The normalized spacial score (nSPS) is 19.5. The van der Waals surface area contributed by atoms with Crippen LogP contribution in [0.2, 0.25) is 0 Å². The highest BCUT2D eigenvalue weighted by Crippen LogP contribution is 2.37. The quantitative estimate of drug-likeness (QED) is 0.671. The molecule has 1 aliphatic rings. The van der Waals surface area contributed by atoms with Crippen molar-refractivity contribution >= 4 is 15.9 Å². The Hall–Kier alpha value is -1.67. The second kappa shape index (κ2) is 5.02. The molecule has 6 nitrogen and oxygen atoms in total. The molecular formula is C12H13FO6S. The van der Waals surface area contributed by atoms with Gasteiger partial charge in [0.2, 0.25) is 0 Å². The highest BCUT2D eigenvalue weighted by atomic mass is 32.2. The highest BCUT2D eigenvalue weighted by Gasteiger charge is 2.35. The second-order valence-electron chi connectivity index (χ2n) is 4.52. The van der Waals surface area contributed by atoms with E-state index in [1.54, 1.807) is 0 Å². The molecular weight excluding hydrogens is 291 g/mol. The van der Waals surface area contributed by atoms with Crippen LogP contribution in [0.4, 0.5) is 4.39 Å². The summed E-state index contributed by atoms with van der Waals surface area (Å²) in [6.07, 6.45) is -0.985. The summed E-state index contributed by atoms with van der Waals surface area (Å²) < 4.78 is 55.2. The molecule has 0 aromatic heterocycles. The van der Waals surface area contributed by atoms with Gasteiger partial charge >= 0.3 is 0 Å². The lowest BCUT2D eigenvalue weighted by Crippen LogP contribution is -2.42. The maximum absolute atomic E-state index is 13.3. The highest BCUT2D eigenvalue weighted by molar-refractivity contribution is 7.86. The standard InChI is InChI=1S/C12H13FO6S/c1-6(14)9-3-8(13)4-10-12(9)19-11(5-18-10)7(2)20(15,16)17/h3-4,7,11H,5H2,1-2H3,(H,15,16,17)/t7?,11-/m0/s1. The van der Waals surface area contributed by atoms with Gasteiger partial charge in [-0.3, -0.25) is 9.35 Å². The topological polar surface area (TPSA) is 89.9 Å². The molecule has 2 rings (SSSR count). The molecule has 20 heavy (non-hydrogen) atoms. The van der Waals surface area contributed by atoms with Crippen LogP contribution >= 0.6 is 0 Å². The molecule has 1 unspecified atom stereocenters. The van der Waals surface area contributed by atoms with E-state index in [0.717, 1.165) is 12.1 Å². The van der Waals surface area contributed by atoms with Gasteiger partial charge in [-0.15, -0.1) is 0 Å². The van der Waals surface area contributed by atoms with Gasteiger partial charge < -0.3 is 9.47 Å². The molecule has 1 aliphatic heterocycles. The number of fused-ring (bicyclic) bond motifs is 1. The van der Waals surface area contributed by atoms with E-state index in [4.69, 9.17) is 14.0 Å². The van der Waals surface area contributed by atoms with Crippen molar-refractivity contribution in [3.63, 3.8) is 0 Å². The summed E-state index contributed by atoms with van der Waals surface area (Å²) in [4.78, 5) is 11.5. The Labute approximate surface area is 115 Å². The third kappa shape index (κ3) is 2.75. The minimum absolute atomic E-state index is 0.00866. The van der Waals surface area contributed by atoms with E-state index >= 15 is 0 Å². The minimum atomic E-state index is -4.31. The molecule has 1 aromatic carbocycles. The van der Waals surface area contributed by atoms with Gasteiger partial charge in [-0.05, 0) is 19.9 Å². The fourth-order valence-electron chi connectivity index (χ4n) is 1.84. The molecule has 1 heterocycles. The van der Waals surface area contributed by atoms with Crippen molar-refractivity contribution in [2.75, 3.05) is 6.61 Å². The van der Waals surface area contributed by atoms with Gasteiger partial charge in [-0.1, -0.05) is 0 Å². The summed E-state index contributed by atoms with van der Waals surface area (Å²) >= 11 is 0. The molecule has 1 aromatic rings. The first-order valence-electron chi connectivity index (χ1n) is 5.80. The third-order valence-corrected chi connectivity index (χ3v) is 4.31. The lowest BCUT2D eigenvalue weighted by atomic mass is 10.1. The molecule has 0 amide bonds. The van der Waals surface area contributed by atoms with E-state index in [9.17, 15) is 17.6 Å². The van der Waals surface area contributed by atoms with Gasteiger partial charge in [-0.25, -0.2) is 4.39 Å². The van der Waals surface area contributed by atoms with Crippen molar-refractivity contribution in [2.45, 2.75) is 25.2 Å². The van der Waals surface area contributed by atoms with E-state index in [1.165, 1.54) is 13.8 Å². The van der Waals surface area contributed by atoms with Crippen LogP contribution in [0, 0.1) is 5.82 Å². The van der Waals surface area contributed by atoms with Gasteiger partial charge in [0.15, 0.2) is 23.4 Å². The number of rotatable bonds is 3. The molecule has 2 atom stereocenters. The molecule has 0 radical (unpaired) electrons. The number of carbonyl (C=O) groups is 1. The van der Waals surface area contributed by atoms with Gasteiger partial charge in [0.25, 0.3) is 10.1 Å². The van der Waals surface area contributed by atoms with Crippen molar-refractivity contribution in [1.29, 1.82) is 0 Å². The first kappa shape index (κ1) is 14.7. The van der Waals surface area contributed by atoms with E-state index in [-0.39, 0.29) is 23.7 Å². The predicted molar refractivity (Wildman–Crippen MR) is 67.3 cm³/mol. The Morgan fingerprint density at radius 2 is 2.15 bits per heavy atom. The Morgan fingerprint density at radius 3 is 2.70 bits per heavy atom. The van der Waals surface area contributed by atoms with Crippen molar-refractivity contribution in [1.82, 2.24) is 0 Å². The zero-order valence-corrected chi connectivity index (χ0v) is 11.6. The number of hydrogen-bond acceptors (Lipinski definition) is 5. The summed E-state index contributed by atoms with van der Waals surface area (Å²) in [5.74, 6) is -1.07. The van der Waals surface area contributed by atoms with E-state index in [1.807, 2.05) is 0 Å². The van der Waals surface area contributed by atoms with Crippen LogP contribution in [0.1, 0.15) is 24.2 Å². The number of benzene rings is 1. The molecule has 0 saturated heterocycles. The molecule has 110 valence electrons. The summed E-state index contributed by atoms with van der Waals surface area (Å²) in [7, 11) is -4.31. The fourth-order valence-corrected chi connectivity index (χ4v) is 2.36. The number of ketones is 1. The van der Waals surface area contributed by atoms with Gasteiger partial charge in [0.05, 0.1) is 5.56 Å². The van der Waals surface area contributed by atoms with Crippen LogP contribution < -0.4 is 9.47 Å². The van der Waals surface area contributed by atoms with E-state index < -0.39 is 33.1 Å². The molecule has 8 heteroatoms. The van der Waals surface area contributed by atoms with Crippen LogP contribution in [0.15, 0.2) is 12.1 Å². The number of carbonyl (C=O) groups excluding carboxylic acids is 1. The largest absolute Gasteiger partial charge is 0.486 e. The SMILES string of the molecule is CC(=O)c1cc(F)cc2c1O[C@H](C(C)S(=O)(=O)O)CO2. The Bertz CT molecular complexity index is 654. The fraction of sp³-hybridized carbons (Fsp3) is 0.417. The van der Waals surface area contributed by atoms with Crippen LogP contribution in [0.3, 0.4) is 0 Å². The molecule has 0 spiro atoms. The van der Waals surface area contributed by atoms with Gasteiger partial charge in [0.1, 0.15) is 17.7 Å². The summed E-state index contributed by atoms with van der Waals surface area (Å²) in [6, 6.07) is 2.04. The Balaban J connectivity index is 2.41. The number of Topliss-reactive ketones (excluding diaryl/α,β-unsaturated/α-hetero) is 1. The third-order valence-electron chi connectivity index (χ3n) is 3.06. The van der Waals surface area contributed by atoms with Crippen LogP contribution in [0.5, 0.6) is 11.5 Å². The summed E-state index contributed by atoms with van der Waals surface area (Å²) in [5.41, 5.74) is -0.0350. The number of ether oxygens (including phenoxy) is 2. The second-order valence-corrected chi connectivity index (χ2v) is 6.30. The molecule has 0 saturated carbocycles. The smallest absolute Gasteiger partial charge is 0.271 e. The lowest BCUT2D eigenvalue weighted by Gasteiger charge is -2.30. The monoisotopic (exact) mass is 304 g/mol. The van der Waals surface area contributed by atoms with Crippen LogP contribution in [-0.4, -0.2) is 36.7 Å². The van der Waals surface area contributed by atoms with Crippen LogP contribution in [0.25, 0.3) is 0 Å². The van der Waals surface area contributed by atoms with Crippen molar-refractivity contribution in [2.24, 2.45) is 0 Å². The maximum atomic E-state index is 13.3. The Morgan fingerprint density at radius 1 is 1.50 bits per heavy atom. The van der Waals surface area contributed by atoms with Gasteiger partial charge in [-0.2, -0.15) is 8.42 Å². The first-order valence-corrected chi connectivity index (χ1v) is 7.30. The van der Waals surface area contributed by atoms with Crippen molar-refractivity contribution in [3.8, 4) is 11.5 Å². The predicted octanol–water partition coefficient (Wildman–Crippen LogP) is 1.44. The van der Waals surface area contributed by atoms with E-state index in [2.05, 4.69) is 0 Å². The summed E-state index contributed by atoms with van der Waals surface area (Å²) in [6.45, 7) is 2.31. The van der Waals surface area contributed by atoms with Crippen molar-refractivity contribution in [3.05, 3.63) is 23.5 Å². The minimum Gasteiger partial charge on any atom is -0.486 e. The summed E-state index contributed by atoms with van der Waals surface area (Å²) in [5, 5.41) is -1.24. The van der Waals surface area contributed by atoms with Gasteiger partial charge in [0, 0.05) is 6.07 Å². The average molecular weight is 304 g/mol. The number of halogens is 1. The zero-order chi connectivity index (χ0) is 15.1. The maximum Gasteiger partial charge on any atom is 0.271 e. The van der Waals surface area contributed by atoms with Crippen LogP contribution in [-0.2, 0) is 10.1 Å². The number of hydrogen-bond donors (Lipinski definition) is 1. The molecule has 0 fully saturated rings. The average Bonchev–Trinajstić information content (AvgIpc) is 2.35. The lowest BCUT2D eigenvalue weighted by molar-refractivity contribution is 0.0837.